The lowest BCUT2D eigenvalue weighted by Gasteiger charge is -2.15. The number of rotatable bonds is 8. The molecule has 0 saturated heterocycles. The molecule has 5 heteroatoms. The quantitative estimate of drug-likeness (QED) is 0.771. The zero-order valence-electron chi connectivity index (χ0n) is 13.7. The van der Waals surface area contributed by atoms with E-state index in [2.05, 4.69) is 19.2 Å². The Balaban J connectivity index is 2.48. The molecule has 2 N–H and O–H groups in total. The number of carbonyl (C=O) groups excluding carboxylic acids is 1. The van der Waals surface area contributed by atoms with Gasteiger partial charge in [-0.2, -0.15) is 0 Å². The highest BCUT2D eigenvalue weighted by Crippen LogP contribution is 2.17. The van der Waals surface area contributed by atoms with Crippen molar-refractivity contribution in [1.29, 1.82) is 0 Å². The van der Waals surface area contributed by atoms with Crippen LogP contribution in [0, 0.1) is 12.8 Å². The van der Waals surface area contributed by atoms with Crippen LogP contribution >= 0.6 is 0 Å². The van der Waals surface area contributed by atoms with E-state index in [1.54, 1.807) is 6.07 Å². The molecule has 1 unspecified atom stereocenters. The number of carboxylic acids is 1. The van der Waals surface area contributed by atoms with E-state index in [4.69, 9.17) is 9.84 Å². The Morgan fingerprint density at radius 2 is 1.95 bits per heavy atom. The largest absolute Gasteiger partial charge is 0.478 e. The third-order valence-electron chi connectivity index (χ3n) is 3.29. The molecule has 0 aliphatic heterocycles. The first kappa shape index (κ1) is 18.2. The lowest BCUT2D eigenvalue weighted by molar-refractivity contribution is -0.117. The van der Waals surface area contributed by atoms with Crippen molar-refractivity contribution in [3.63, 3.8) is 0 Å². The molecule has 1 aromatic carbocycles. The second-order valence-electron chi connectivity index (χ2n) is 5.94. The summed E-state index contributed by atoms with van der Waals surface area (Å²) < 4.78 is 5.60. The van der Waals surface area contributed by atoms with Gasteiger partial charge in [-0.3, -0.25) is 4.79 Å². The van der Waals surface area contributed by atoms with Crippen LogP contribution < -0.4 is 5.32 Å². The standard InChI is InChI=1S/C17H25NO4/c1-11(2)9-13(4)22-8-7-16(19)18-15-10-14(17(20)21)6-5-12(15)3/h5-6,10-11,13H,7-9H2,1-4H3,(H,18,19)(H,20,21). The molecule has 0 fully saturated rings. The summed E-state index contributed by atoms with van der Waals surface area (Å²) in [4.78, 5) is 22.9. The maximum absolute atomic E-state index is 11.9. The summed E-state index contributed by atoms with van der Waals surface area (Å²) in [5, 5.41) is 11.7. The van der Waals surface area contributed by atoms with Gasteiger partial charge in [0.15, 0.2) is 0 Å². The Morgan fingerprint density at radius 1 is 1.27 bits per heavy atom. The number of hydrogen-bond donors (Lipinski definition) is 2. The Hall–Kier alpha value is -1.88. The number of carboxylic acid groups (broad SMARTS) is 1. The highest BCUT2D eigenvalue weighted by molar-refractivity contribution is 5.94. The molecule has 0 aliphatic carbocycles. The first-order valence-electron chi connectivity index (χ1n) is 7.55. The zero-order chi connectivity index (χ0) is 16.7. The van der Waals surface area contributed by atoms with Gasteiger partial charge in [-0.25, -0.2) is 4.79 Å². The lowest BCUT2D eigenvalue weighted by Crippen LogP contribution is -2.18. The fourth-order valence-electron chi connectivity index (χ4n) is 2.19. The molecule has 1 atom stereocenters. The van der Waals surface area contributed by atoms with E-state index in [-0.39, 0.29) is 24.0 Å². The number of carbonyl (C=O) groups is 2. The molecule has 1 amide bonds. The van der Waals surface area contributed by atoms with Crippen molar-refractivity contribution in [3.05, 3.63) is 29.3 Å². The molecule has 1 aromatic rings. The van der Waals surface area contributed by atoms with E-state index in [0.717, 1.165) is 12.0 Å². The van der Waals surface area contributed by atoms with Crippen molar-refractivity contribution in [2.24, 2.45) is 5.92 Å². The van der Waals surface area contributed by atoms with Gasteiger partial charge in [0, 0.05) is 5.69 Å². The minimum Gasteiger partial charge on any atom is -0.478 e. The lowest BCUT2D eigenvalue weighted by atomic mass is 10.1. The van der Waals surface area contributed by atoms with E-state index < -0.39 is 5.97 Å². The monoisotopic (exact) mass is 307 g/mol. The second kappa shape index (κ2) is 8.54. The van der Waals surface area contributed by atoms with Crippen LogP contribution in [0.15, 0.2) is 18.2 Å². The van der Waals surface area contributed by atoms with Crippen LogP contribution in [0.25, 0.3) is 0 Å². The summed E-state index contributed by atoms with van der Waals surface area (Å²) in [6.45, 7) is 8.44. The van der Waals surface area contributed by atoms with Gasteiger partial charge in [0.05, 0.1) is 24.7 Å². The Kier molecular flexibility index (Phi) is 7.05. The molecule has 0 bridgehead atoms. The fourth-order valence-corrected chi connectivity index (χ4v) is 2.19. The van der Waals surface area contributed by atoms with Gasteiger partial charge in [0.2, 0.25) is 5.91 Å². The van der Waals surface area contributed by atoms with Gasteiger partial charge in [-0.05, 0) is 43.9 Å². The molecule has 5 nitrogen and oxygen atoms in total. The van der Waals surface area contributed by atoms with Crippen molar-refractivity contribution in [3.8, 4) is 0 Å². The highest BCUT2D eigenvalue weighted by Gasteiger charge is 2.10. The smallest absolute Gasteiger partial charge is 0.335 e. The minimum absolute atomic E-state index is 0.130. The summed E-state index contributed by atoms with van der Waals surface area (Å²) in [7, 11) is 0. The normalized spacial score (nSPS) is 12.2. The van der Waals surface area contributed by atoms with E-state index in [0.29, 0.717) is 18.2 Å². The average molecular weight is 307 g/mol. The number of benzene rings is 1. The summed E-state index contributed by atoms with van der Waals surface area (Å²) in [5.74, 6) is -0.631. The van der Waals surface area contributed by atoms with Crippen molar-refractivity contribution < 1.29 is 19.4 Å². The Morgan fingerprint density at radius 3 is 2.55 bits per heavy atom. The van der Waals surface area contributed by atoms with Crippen LogP contribution in [0.3, 0.4) is 0 Å². The highest BCUT2D eigenvalue weighted by atomic mass is 16.5. The number of nitrogens with one attached hydrogen (secondary N) is 1. The summed E-state index contributed by atoms with van der Waals surface area (Å²) in [5.41, 5.74) is 1.51. The molecule has 0 aromatic heterocycles. The van der Waals surface area contributed by atoms with Gasteiger partial charge in [-0.1, -0.05) is 19.9 Å². The summed E-state index contributed by atoms with van der Waals surface area (Å²) in [6.07, 6.45) is 1.34. The van der Waals surface area contributed by atoms with Gasteiger partial charge in [0.1, 0.15) is 0 Å². The Labute approximate surface area is 131 Å². The van der Waals surface area contributed by atoms with Crippen LogP contribution in [0.1, 0.15) is 49.5 Å². The number of ether oxygens (including phenoxy) is 1. The van der Waals surface area contributed by atoms with Crippen molar-refractivity contribution in [2.75, 3.05) is 11.9 Å². The maximum atomic E-state index is 11.9. The van der Waals surface area contributed by atoms with Crippen molar-refractivity contribution in [2.45, 2.75) is 46.6 Å². The predicted molar refractivity (Wildman–Crippen MR) is 86.3 cm³/mol. The maximum Gasteiger partial charge on any atom is 0.335 e. The van der Waals surface area contributed by atoms with E-state index in [1.807, 2.05) is 13.8 Å². The van der Waals surface area contributed by atoms with Gasteiger partial charge < -0.3 is 15.2 Å². The van der Waals surface area contributed by atoms with E-state index in [9.17, 15) is 9.59 Å². The molecule has 22 heavy (non-hydrogen) atoms. The number of amides is 1. The molecule has 0 saturated carbocycles. The first-order chi connectivity index (χ1) is 10.3. The molecule has 0 heterocycles. The van der Waals surface area contributed by atoms with Crippen LogP contribution in [0.5, 0.6) is 0 Å². The van der Waals surface area contributed by atoms with Crippen molar-refractivity contribution >= 4 is 17.6 Å². The van der Waals surface area contributed by atoms with Gasteiger partial charge >= 0.3 is 5.97 Å². The topological polar surface area (TPSA) is 75.6 Å². The van der Waals surface area contributed by atoms with Gasteiger partial charge in [0.25, 0.3) is 0 Å². The van der Waals surface area contributed by atoms with E-state index in [1.165, 1.54) is 12.1 Å². The van der Waals surface area contributed by atoms with Crippen LogP contribution in [0.4, 0.5) is 5.69 Å². The SMILES string of the molecule is Cc1ccc(C(=O)O)cc1NC(=O)CCOC(C)CC(C)C. The first-order valence-corrected chi connectivity index (χ1v) is 7.55. The molecule has 0 aliphatic rings. The minimum atomic E-state index is -1.01. The number of aromatic carboxylic acids is 1. The summed E-state index contributed by atoms with van der Waals surface area (Å²) >= 11 is 0. The average Bonchev–Trinajstić information content (AvgIpc) is 2.40. The molecule has 0 radical (unpaired) electrons. The second-order valence-corrected chi connectivity index (χ2v) is 5.94. The number of anilines is 1. The van der Waals surface area contributed by atoms with Crippen molar-refractivity contribution in [1.82, 2.24) is 0 Å². The fraction of sp³-hybridized carbons (Fsp3) is 0.529. The number of hydrogen-bond acceptors (Lipinski definition) is 3. The molecular formula is C17H25NO4. The molecule has 122 valence electrons. The molecule has 0 spiro atoms. The molecular weight excluding hydrogens is 282 g/mol. The van der Waals surface area contributed by atoms with Crippen LogP contribution in [0.2, 0.25) is 0 Å². The molecule has 1 rings (SSSR count). The zero-order valence-corrected chi connectivity index (χ0v) is 13.7. The van der Waals surface area contributed by atoms with E-state index >= 15 is 0 Å². The summed E-state index contributed by atoms with van der Waals surface area (Å²) in [6, 6.07) is 4.67. The number of aryl methyl sites for hydroxylation is 1. The Bertz CT molecular complexity index is 525. The van der Waals surface area contributed by atoms with Gasteiger partial charge in [-0.15, -0.1) is 0 Å². The van der Waals surface area contributed by atoms with Crippen LogP contribution in [-0.4, -0.2) is 29.7 Å². The third-order valence-corrected chi connectivity index (χ3v) is 3.29. The third kappa shape index (κ3) is 6.26. The van der Waals surface area contributed by atoms with Crippen LogP contribution in [-0.2, 0) is 9.53 Å². The predicted octanol–water partition coefficient (Wildman–Crippen LogP) is 3.47.